The predicted molar refractivity (Wildman–Crippen MR) is 262 cm³/mol. The summed E-state index contributed by atoms with van der Waals surface area (Å²) in [5.74, 6) is -0.539. The monoisotopic (exact) mass is 1260 g/mol. The zero-order chi connectivity index (χ0) is 65.2. The van der Waals surface area contributed by atoms with Crippen LogP contribution in [0.25, 0.3) is 11.0 Å². The van der Waals surface area contributed by atoms with E-state index in [2.05, 4.69) is 28.4 Å². The fraction of sp³-hybridized carbons (Fsp3) is 0.800. The summed E-state index contributed by atoms with van der Waals surface area (Å²) in [5.41, 5.74) is -0.236. The summed E-state index contributed by atoms with van der Waals surface area (Å²) < 4.78 is 32.2. The lowest BCUT2D eigenvalue weighted by Crippen LogP contribution is -2.58. The maximum absolute atomic E-state index is 10.8. The van der Waals surface area contributed by atoms with Crippen molar-refractivity contribution in [1.82, 2.24) is 0 Å². The van der Waals surface area contributed by atoms with Gasteiger partial charge >= 0.3 is 5.63 Å². The number of hydrogen-bond donors (Lipinski definition) is 32. The second-order valence-corrected chi connectivity index (χ2v) is 18.9. The number of phenols is 2. The molecular formula is C45H78O40. The summed E-state index contributed by atoms with van der Waals surface area (Å²) in [4.78, 5) is 10.8. The number of hydrogen-bond acceptors (Lipinski definition) is 40. The molecule has 6 saturated heterocycles. The van der Waals surface area contributed by atoms with Crippen molar-refractivity contribution in [3.63, 3.8) is 0 Å². The Balaban J connectivity index is 0.000000338. The third kappa shape index (κ3) is 21.1. The predicted octanol–water partition coefficient (Wildman–Crippen LogP) is -18.1. The van der Waals surface area contributed by atoms with Gasteiger partial charge in [0.05, 0.1) is 39.6 Å². The highest BCUT2D eigenvalue weighted by atomic mass is 16.7. The molecule has 0 saturated carbocycles. The topological polar surface area (TPSA) is 733 Å². The van der Waals surface area contributed by atoms with Crippen LogP contribution in [-0.4, -0.2) is 387 Å². The fourth-order valence-corrected chi connectivity index (χ4v) is 7.58. The Morgan fingerprint density at radius 1 is 0.271 bits per heavy atom. The number of aromatic hydroxyl groups is 2. The normalized spacial score (nSPS) is 43.3. The minimum Gasteiger partial charge on any atom is -0.504 e. The smallest absolute Gasteiger partial charge is 0.336 e. The first-order valence-corrected chi connectivity index (χ1v) is 25.0. The van der Waals surface area contributed by atoms with Crippen molar-refractivity contribution in [3.05, 3.63) is 34.7 Å². The van der Waals surface area contributed by atoms with E-state index in [1.807, 2.05) is 0 Å². The van der Waals surface area contributed by atoms with Crippen LogP contribution in [0.1, 0.15) is 0 Å². The van der Waals surface area contributed by atoms with Crippen LogP contribution in [0.4, 0.5) is 0 Å². The molecule has 85 heavy (non-hydrogen) atoms. The maximum Gasteiger partial charge on any atom is 0.336 e. The molecule has 40 heteroatoms. The molecular weight excluding hydrogens is 1180 g/mol. The van der Waals surface area contributed by atoms with Crippen molar-refractivity contribution in [2.45, 2.75) is 184 Å². The van der Waals surface area contributed by atoms with Crippen LogP contribution in [0.5, 0.6) is 11.5 Å². The Hall–Kier alpha value is -3.41. The van der Waals surface area contributed by atoms with Gasteiger partial charge in [-0.1, -0.05) is 0 Å². The SMILES string of the molecule is O=c1ccc2cc(O)c(O)cc2o1.OC[C@H]1OC(O)[C@H](O)[C@@H](O)[C@@H]1O.OC[C@H]1OC(O)[C@H](O)[C@@H](O)[C@@H]1O.OC[C@H]1OC(O)[C@H](O)[C@@H](O)[C@@H]1O.OC[C@H]1OC(O)[C@H](O)[C@@H](O)[C@@H]1O.OC[C@H]1OC(O)[C@H](O)[C@@H](O)[C@@H]1O.OC[C@H]1OC(O)[C@H](O)[C@@H](O)[C@@H]1O. The highest BCUT2D eigenvalue weighted by Crippen LogP contribution is 2.29. The maximum atomic E-state index is 10.8. The number of aliphatic hydroxyl groups excluding tert-OH is 30. The van der Waals surface area contributed by atoms with Crippen LogP contribution in [0.3, 0.4) is 0 Å². The molecule has 0 amide bonds. The standard InChI is InChI=1S/C9H6O4.6C6H12O6/c10-6-3-5-1-2-9(12)13-8(5)4-7(6)11;6*7-1-2-3(8)4(9)5(10)6(11)12-2/h1-4,10-11H;6*2-11H,1H2/t;6*2-,3-,4+,5-,6?/m.111111/s1. The van der Waals surface area contributed by atoms with Gasteiger partial charge in [-0.25, -0.2) is 4.79 Å². The van der Waals surface area contributed by atoms with Crippen molar-refractivity contribution >= 4 is 11.0 Å². The Morgan fingerprint density at radius 3 is 0.647 bits per heavy atom. The van der Waals surface area contributed by atoms with Gasteiger partial charge in [0.1, 0.15) is 152 Å². The van der Waals surface area contributed by atoms with E-state index in [0.29, 0.717) is 5.39 Å². The van der Waals surface area contributed by atoms with E-state index in [-0.39, 0.29) is 17.1 Å². The molecule has 40 nitrogen and oxygen atoms in total. The largest absolute Gasteiger partial charge is 0.504 e. The molecule has 6 aliphatic rings. The van der Waals surface area contributed by atoms with E-state index < -0.39 is 230 Å². The molecule has 32 N–H and O–H groups in total. The molecule has 6 fully saturated rings. The second kappa shape index (κ2) is 36.3. The van der Waals surface area contributed by atoms with Gasteiger partial charge in [-0.2, -0.15) is 0 Å². The first-order chi connectivity index (χ1) is 39.6. The van der Waals surface area contributed by atoms with Crippen molar-refractivity contribution < 1.29 is 196 Å². The van der Waals surface area contributed by atoms with Crippen LogP contribution >= 0.6 is 0 Å². The zero-order valence-corrected chi connectivity index (χ0v) is 43.9. The van der Waals surface area contributed by atoms with Gasteiger partial charge in [-0.15, -0.1) is 0 Å². The van der Waals surface area contributed by atoms with Gasteiger partial charge in [-0.05, 0) is 12.1 Å². The molecule has 2 aromatic rings. The highest BCUT2D eigenvalue weighted by molar-refractivity contribution is 5.80. The summed E-state index contributed by atoms with van der Waals surface area (Å²) in [7, 11) is 0. The fourth-order valence-electron chi connectivity index (χ4n) is 7.58. The van der Waals surface area contributed by atoms with Crippen molar-refractivity contribution in [1.29, 1.82) is 0 Å². The van der Waals surface area contributed by atoms with Gasteiger partial charge in [-0.3, -0.25) is 0 Å². The summed E-state index contributed by atoms with van der Waals surface area (Å²) in [6.45, 7) is -3.15. The van der Waals surface area contributed by atoms with Gasteiger partial charge in [0.2, 0.25) is 0 Å². The summed E-state index contributed by atoms with van der Waals surface area (Å²) in [6, 6.07) is 5.29. The molecule has 6 unspecified atom stereocenters. The summed E-state index contributed by atoms with van der Waals surface area (Å²) in [6.07, 6.45) is -42.2. The summed E-state index contributed by atoms with van der Waals surface area (Å²) in [5, 5.41) is 287. The third-order valence-electron chi connectivity index (χ3n) is 12.9. The number of aliphatic hydroxyl groups is 30. The lowest BCUT2D eigenvalue weighted by atomic mass is 10.00. The molecule has 0 spiro atoms. The average Bonchev–Trinajstić information content (AvgIpc) is 3.69. The van der Waals surface area contributed by atoms with Crippen molar-refractivity contribution in [2.75, 3.05) is 39.6 Å². The second-order valence-electron chi connectivity index (χ2n) is 18.9. The lowest BCUT2D eigenvalue weighted by Gasteiger charge is -2.37. The molecule has 6 aliphatic heterocycles. The lowest BCUT2D eigenvalue weighted by molar-refractivity contribution is -0.286. The van der Waals surface area contributed by atoms with E-state index in [1.54, 1.807) is 0 Å². The van der Waals surface area contributed by atoms with Crippen LogP contribution < -0.4 is 5.63 Å². The first kappa shape index (κ1) is 77.7. The first-order valence-electron chi connectivity index (χ1n) is 25.0. The number of fused-ring (bicyclic) bond motifs is 1. The van der Waals surface area contributed by atoms with Crippen molar-refractivity contribution in [3.8, 4) is 11.5 Å². The highest BCUT2D eigenvalue weighted by Gasteiger charge is 2.47. The van der Waals surface area contributed by atoms with Crippen LogP contribution in [0.15, 0.2) is 33.5 Å². The Kier molecular flexibility index (Phi) is 33.2. The molecule has 0 aliphatic carbocycles. The van der Waals surface area contributed by atoms with E-state index in [9.17, 15) is 4.79 Å². The van der Waals surface area contributed by atoms with Crippen LogP contribution in [0.2, 0.25) is 0 Å². The Labute approximate surface area is 476 Å². The van der Waals surface area contributed by atoms with Crippen LogP contribution in [-0.2, 0) is 28.4 Å². The molecule has 0 bridgehead atoms. The van der Waals surface area contributed by atoms with Crippen molar-refractivity contribution in [2.24, 2.45) is 0 Å². The molecule has 498 valence electrons. The molecule has 1 aromatic carbocycles. The molecule has 7 heterocycles. The minimum atomic E-state index is -1.57. The molecule has 8 rings (SSSR count). The molecule has 0 radical (unpaired) electrons. The Morgan fingerprint density at radius 2 is 0.459 bits per heavy atom. The van der Waals surface area contributed by atoms with Gasteiger partial charge in [0, 0.05) is 17.5 Å². The number of ether oxygens (including phenoxy) is 6. The number of rotatable bonds is 6. The van der Waals surface area contributed by atoms with E-state index in [1.165, 1.54) is 24.3 Å². The molecule has 1 aromatic heterocycles. The summed E-state index contributed by atoms with van der Waals surface area (Å²) >= 11 is 0. The zero-order valence-electron chi connectivity index (χ0n) is 43.9. The van der Waals surface area contributed by atoms with Gasteiger partial charge in [0.15, 0.2) is 49.2 Å². The number of phenolic OH excluding ortho intramolecular Hbond substituents is 2. The van der Waals surface area contributed by atoms with Gasteiger partial charge in [0.25, 0.3) is 0 Å². The average molecular weight is 1260 g/mol. The number of benzene rings is 1. The van der Waals surface area contributed by atoms with Crippen LogP contribution in [0, 0.1) is 0 Å². The minimum absolute atomic E-state index is 0.235. The third-order valence-corrected chi connectivity index (χ3v) is 12.9. The quantitative estimate of drug-likeness (QED) is 0.0943. The van der Waals surface area contributed by atoms with E-state index in [4.69, 9.17) is 168 Å². The van der Waals surface area contributed by atoms with Gasteiger partial charge < -0.3 is 196 Å². The molecule has 30 atom stereocenters. The Bertz CT molecular complexity index is 1930. The van der Waals surface area contributed by atoms with E-state index in [0.717, 1.165) is 0 Å². The van der Waals surface area contributed by atoms with E-state index >= 15 is 0 Å².